The third kappa shape index (κ3) is 3.27. The van der Waals surface area contributed by atoms with Crippen molar-refractivity contribution in [2.24, 2.45) is 0 Å². The highest BCUT2D eigenvalue weighted by Gasteiger charge is 2.40. The van der Waals surface area contributed by atoms with Gasteiger partial charge in [-0.05, 0) is 48.2 Å². The first kappa shape index (κ1) is 16.0. The van der Waals surface area contributed by atoms with Gasteiger partial charge >= 0.3 is 0 Å². The lowest BCUT2D eigenvalue weighted by Crippen LogP contribution is -2.52. The van der Waals surface area contributed by atoms with E-state index in [0.29, 0.717) is 12.3 Å². The Morgan fingerprint density at radius 1 is 1.40 bits per heavy atom. The summed E-state index contributed by atoms with van der Waals surface area (Å²) in [6.07, 6.45) is 3.70. The maximum Gasteiger partial charge on any atom is 0.245 e. The maximum absolute atomic E-state index is 12.5. The van der Waals surface area contributed by atoms with Crippen LogP contribution >= 0.6 is 15.9 Å². The number of nitrogens with one attached hydrogen (secondary N) is 2. The molecule has 1 heterocycles. The second kappa shape index (κ2) is 6.17. The molecule has 2 N–H and O–H groups in total. The summed E-state index contributed by atoms with van der Waals surface area (Å²) in [4.78, 5) is 0.185. The van der Waals surface area contributed by atoms with Crippen LogP contribution in [0.1, 0.15) is 45.3 Å². The van der Waals surface area contributed by atoms with E-state index in [1.807, 2.05) is 13.8 Å². The third-order valence-electron chi connectivity index (χ3n) is 3.88. The van der Waals surface area contributed by atoms with E-state index in [1.165, 1.54) is 0 Å². The third-order valence-corrected chi connectivity index (χ3v) is 6.32. The molecule has 1 aromatic heterocycles. The number of furan rings is 1. The molecule has 0 radical (unpaired) electrons. The molecule has 0 aliphatic heterocycles. The lowest BCUT2D eigenvalue weighted by Gasteiger charge is -2.41. The molecule has 1 aliphatic rings. The molecule has 1 saturated carbocycles. The molecule has 0 spiro atoms. The molecule has 1 aliphatic carbocycles. The van der Waals surface area contributed by atoms with E-state index >= 15 is 0 Å². The van der Waals surface area contributed by atoms with Gasteiger partial charge in [-0.15, -0.1) is 0 Å². The summed E-state index contributed by atoms with van der Waals surface area (Å²) >= 11 is 3.20. The van der Waals surface area contributed by atoms with Gasteiger partial charge in [-0.3, -0.25) is 0 Å². The largest absolute Gasteiger partial charge is 0.452 e. The minimum Gasteiger partial charge on any atom is -0.452 e. The average molecular weight is 365 g/mol. The van der Waals surface area contributed by atoms with E-state index in [2.05, 4.69) is 26.0 Å². The van der Waals surface area contributed by atoms with Crippen molar-refractivity contribution < 1.29 is 12.8 Å². The summed E-state index contributed by atoms with van der Waals surface area (Å²) in [5.41, 5.74) is -0.266. The van der Waals surface area contributed by atoms with Crippen molar-refractivity contribution in [3.8, 4) is 0 Å². The fourth-order valence-electron chi connectivity index (χ4n) is 2.39. The van der Waals surface area contributed by atoms with Gasteiger partial charge in [0.05, 0.1) is 6.54 Å². The first-order valence-corrected chi connectivity index (χ1v) is 9.23. The smallest absolute Gasteiger partial charge is 0.245 e. The minimum absolute atomic E-state index is 0.185. The number of halogens is 1. The molecule has 2 rings (SSSR count). The highest BCUT2D eigenvalue weighted by molar-refractivity contribution is 9.10. The van der Waals surface area contributed by atoms with E-state index < -0.39 is 10.0 Å². The second-order valence-electron chi connectivity index (χ2n) is 5.22. The minimum atomic E-state index is -3.54. The van der Waals surface area contributed by atoms with Crippen LogP contribution < -0.4 is 10.0 Å². The second-order valence-corrected chi connectivity index (χ2v) is 7.59. The van der Waals surface area contributed by atoms with Crippen LogP contribution in [0.4, 0.5) is 0 Å². The van der Waals surface area contributed by atoms with Crippen LogP contribution in [0.2, 0.25) is 0 Å². The first-order valence-electron chi connectivity index (χ1n) is 6.95. The van der Waals surface area contributed by atoms with E-state index in [-0.39, 0.29) is 15.1 Å². The zero-order valence-corrected chi connectivity index (χ0v) is 14.2. The van der Waals surface area contributed by atoms with Gasteiger partial charge < -0.3 is 9.73 Å². The molecule has 0 unspecified atom stereocenters. The van der Waals surface area contributed by atoms with Crippen molar-refractivity contribution in [3.05, 3.63) is 16.5 Å². The molecule has 7 heteroatoms. The van der Waals surface area contributed by atoms with E-state index in [1.54, 1.807) is 6.07 Å². The van der Waals surface area contributed by atoms with Gasteiger partial charge in [-0.1, -0.05) is 13.8 Å². The monoisotopic (exact) mass is 364 g/mol. The Morgan fingerprint density at radius 2 is 2.10 bits per heavy atom. The molecule has 0 atom stereocenters. The molecule has 114 valence electrons. The summed E-state index contributed by atoms with van der Waals surface area (Å²) in [7, 11) is -3.54. The molecule has 0 bridgehead atoms. The van der Waals surface area contributed by atoms with Crippen LogP contribution in [0.3, 0.4) is 0 Å². The van der Waals surface area contributed by atoms with Crippen LogP contribution in [-0.2, 0) is 16.6 Å². The molecular weight excluding hydrogens is 344 g/mol. The lowest BCUT2D eigenvalue weighted by atomic mass is 9.76. The normalized spacial score (nSPS) is 17.9. The first-order chi connectivity index (χ1) is 9.42. The quantitative estimate of drug-likeness (QED) is 0.780. The molecular formula is C13H21BrN2O3S. The van der Waals surface area contributed by atoms with Crippen molar-refractivity contribution in [3.63, 3.8) is 0 Å². The van der Waals surface area contributed by atoms with Crippen LogP contribution in [-0.4, -0.2) is 20.5 Å². The Bertz CT molecular complexity index is 559. The van der Waals surface area contributed by atoms with Gasteiger partial charge in [0.15, 0.2) is 4.67 Å². The SMILES string of the molecule is CCNCc1cc(S(=O)(=O)NC2(CC)CCC2)c(Br)o1. The number of hydrogen-bond acceptors (Lipinski definition) is 4. The van der Waals surface area contributed by atoms with Gasteiger partial charge in [-0.2, -0.15) is 0 Å². The Balaban J connectivity index is 2.18. The predicted octanol–water partition coefficient (Wildman–Crippen LogP) is 2.76. The van der Waals surface area contributed by atoms with Gasteiger partial charge in [0, 0.05) is 11.6 Å². The Kier molecular flexibility index (Phi) is 4.94. The molecule has 0 saturated heterocycles. The molecule has 5 nitrogen and oxygen atoms in total. The van der Waals surface area contributed by atoms with Gasteiger partial charge in [0.1, 0.15) is 10.7 Å². The summed E-state index contributed by atoms with van der Waals surface area (Å²) in [6, 6.07) is 1.58. The summed E-state index contributed by atoms with van der Waals surface area (Å²) in [6.45, 7) is 5.32. The lowest BCUT2D eigenvalue weighted by molar-refractivity contribution is 0.213. The Hall–Kier alpha value is -0.370. The van der Waals surface area contributed by atoms with E-state index in [4.69, 9.17) is 4.42 Å². The standard InChI is InChI=1S/C13H21BrN2O3S/c1-3-13(6-5-7-13)16-20(17,18)11-8-10(9-15-4-2)19-12(11)14/h8,15-16H,3-7,9H2,1-2H3. The van der Waals surface area contributed by atoms with Crippen LogP contribution in [0.5, 0.6) is 0 Å². The number of rotatable bonds is 7. The van der Waals surface area contributed by atoms with Crippen LogP contribution in [0.25, 0.3) is 0 Å². The number of sulfonamides is 1. The van der Waals surface area contributed by atoms with Gasteiger partial charge in [-0.25, -0.2) is 13.1 Å². The topological polar surface area (TPSA) is 71.3 Å². The van der Waals surface area contributed by atoms with Crippen LogP contribution in [0.15, 0.2) is 20.0 Å². The Labute approximate surface area is 128 Å². The predicted molar refractivity (Wildman–Crippen MR) is 81.0 cm³/mol. The fraction of sp³-hybridized carbons (Fsp3) is 0.692. The molecule has 1 aromatic rings. The van der Waals surface area contributed by atoms with Gasteiger partial charge in [0.2, 0.25) is 10.0 Å². The summed E-state index contributed by atoms with van der Waals surface area (Å²) in [5.74, 6) is 0.609. The Morgan fingerprint density at radius 3 is 2.60 bits per heavy atom. The van der Waals surface area contributed by atoms with Crippen molar-refractivity contribution in [2.45, 2.75) is 56.5 Å². The number of hydrogen-bond donors (Lipinski definition) is 2. The van der Waals surface area contributed by atoms with Crippen molar-refractivity contribution in [1.29, 1.82) is 0 Å². The molecule has 0 aromatic carbocycles. The van der Waals surface area contributed by atoms with Gasteiger partial charge in [0.25, 0.3) is 0 Å². The molecule has 1 fully saturated rings. The molecule has 20 heavy (non-hydrogen) atoms. The van der Waals surface area contributed by atoms with Crippen LogP contribution in [0, 0.1) is 0 Å². The zero-order valence-electron chi connectivity index (χ0n) is 11.8. The van der Waals surface area contributed by atoms with Crippen molar-refractivity contribution >= 4 is 26.0 Å². The van der Waals surface area contributed by atoms with Crippen molar-refractivity contribution in [2.75, 3.05) is 6.54 Å². The highest BCUT2D eigenvalue weighted by Crippen LogP contribution is 2.37. The van der Waals surface area contributed by atoms with E-state index in [0.717, 1.165) is 32.2 Å². The summed E-state index contributed by atoms with van der Waals surface area (Å²) in [5, 5.41) is 3.11. The van der Waals surface area contributed by atoms with Crippen molar-refractivity contribution in [1.82, 2.24) is 10.0 Å². The summed E-state index contributed by atoms with van der Waals surface area (Å²) < 4.78 is 33.5. The molecule has 0 amide bonds. The average Bonchev–Trinajstić information content (AvgIpc) is 2.73. The highest BCUT2D eigenvalue weighted by atomic mass is 79.9. The zero-order chi connectivity index (χ0) is 14.8. The van der Waals surface area contributed by atoms with E-state index in [9.17, 15) is 8.42 Å². The fourth-order valence-corrected chi connectivity index (χ4v) is 4.92. The maximum atomic E-state index is 12.5.